The molecule has 4 aromatic carbocycles. The topological polar surface area (TPSA) is 21.7 Å². The summed E-state index contributed by atoms with van der Waals surface area (Å²) in [6.45, 7) is 3.95. The molecule has 1 saturated heterocycles. The van der Waals surface area contributed by atoms with Gasteiger partial charge in [0.1, 0.15) is 22.6 Å². The molecule has 5 rings (SSSR count). The van der Waals surface area contributed by atoms with E-state index < -0.39 is 28.4 Å². The molecule has 190 valence electrons. The summed E-state index contributed by atoms with van der Waals surface area (Å²) in [6, 6.07) is 41.5. The van der Waals surface area contributed by atoms with Crippen molar-refractivity contribution in [3.63, 3.8) is 0 Å². The van der Waals surface area contributed by atoms with Crippen LogP contribution in [0.3, 0.4) is 0 Å². The number of hydrogen-bond acceptors (Lipinski definition) is 3. The van der Waals surface area contributed by atoms with E-state index in [0.29, 0.717) is 0 Å². The highest BCUT2D eigenvalue weighted by atomic mass is 35.5. The summed E-state index contributed by atoms with van der Waals surface area (Å²) in [4.78, 5) is 1.24. The monoisotopic (exact) mass is 511 g/mol. The van der Waals surface area contributed by atoms with Gasteiger partial charge >= 0.3 is 0 Å². The van der Waals surface area contributed by atoms with Gasteiger partial charge in [-0.05, 0) is 50.2 Å². The number of hydrogen-bond donors (Lipinski definition) is 0. The van der Waals surface area contributed by atoms with Crippen molar-refractivity contribution in [3.05, 3.63) is 144 Å². The first-order valence-electron chi connectivity index (χ1n) is 12.7. The summed E-state index contributed by atoms with van der Waals surface area (Å²) in [7, 11) is 4.21. The van der Waals surface area contributed by atoms with Gasteiger partial charge in [-0.1, -0.05) is 121 Å². The van der Waals surface area contributed by atoms with Crippen LogP contribution < -0.4 is 0 Å². The summed E-state index contributed by atoms with van der Waals surface area (Å²) in [5, 5.41) is 0. The first-order valence-corrected chi connectivity index (χ1v) is 13.1. The molecule has 3 nitrogen and oxygen atoms in total. The van der Waals surface area contributed by atoms with E-state index in [1.54, 1.807) is 0 Å². The van der Waals surface area contributed by atoms with E-state index in [-0.39, 0.29) is 0 Å². The average Bonchev–Trinajstić information content (AvgIpc) is 3.26. The molecule has 1 aliphatic heterocycles. The fraction of sp³-hybridized carbons (Fsp3) is 0.273. The maximum absolute atomic E-state index is 7.88. The Balaban J connectivity index is 1.82. The van der Waals surface area contributed by atoms with Crippen LogP contribution in [0.4, 0.5) is 0 Å². The largest absolute Gasteiger partial charge is 0.342 e. The lowest BCUT2D eigenvalue weighted by Gasteiger charge is -2.48. The second-order valence-corrected chi connectivity index (χ2v) is 10.9. The number of rotatable bonds is 7. The fourth-order valence-corrected chi connectivity index (χ4v) is 6.28. The number of benzene rings is 4. The van der Waals surface area contributed by atoms with Gasteiger partial charge in [-0.2, -0.15) is 0 Å². The SMILES string of the molecule is CN(C)C(c1ccccc1)(c1ccccc1)[C@H]1OC(C)(C)O[C@@H]1C(Cl)(c1ccccc1)c1ccccc1. The summed E-state index contributed by atoms with van der Waals surface area (Å²) in [5.74, 6) is -0.857. The molecule has 1 aliphatic rings. The van der Waals surface area contributed by atoms with Gasteiger partial charge in [0.15, 0.2) is 5.79 Å². The van der Waals surface area contributed by atoms with E-state index in [0.717, 1.165) is 22.3 Å². The van der Waals surface area contributed by atoms with Crippen molar-refractivity contribution < 1.29 is 9.47 Å². The van der Waals surface area contributed by atoms with Gasteiger partial charge in [-0.25, -0.2) is 0 Å². The van der Waals surface area contributed by atoms with Crippen LogP contribution in [0.1, 0.15) is 36.1 Å². The van der Waals surface area contributed by atoms with E-state index in [1.165, 1.54) is 0 Å². The van der Waals surface area contributed by atoms with E-state index in [1.807, 2.05) is 62.4 Å². The molecule has 4 aromatic rings. The molecule has 2 atom stereocenters. The lowest BCUT2D eigenvalue weighted by atomic mass is 9.71. The number of nitrogens with zero attached hydrogens (tertiary/aromatic N) is 1. The second-order valence-electron chi connectivity index (χ2n) is 10.3. The summed E-state index contributed by atoms with van der Waals surface area (Å²) >= 11 is 7.88. The second kappa shape index (κ2) is 10.1. The molecule has 0 aromatic heterocycles. The van der Waals surface area contributed by atoms with Crippen LogP contribution in [0.2, 0.25) is 0 Å². The number of halogens is 1. The average molecular weight is 512 g/mol. The minimum Gasteiger partial charge on any atom is -0.342 e. The Labute approximate surface area is 225 Å². The van der Waals surface area contributed by atoms with Gasteiger partial charge in [0.25, 0.3) is 0 Å². The van der Waals surface area contributed by atoms with Crippen LogP contribution in [0.5, 0.6) is 0 Å². The van der Waals surface area contributed by atoms with Gasteiger partial charge in [-0.15, -0.1) is 11.6 Å². The van der Waals surface area contributed by atoms with E-state index in [4.69, 9.17) is 21.1 Å². The third-order valence-corrected chi connectivity index (χ3v) is 8.07. The van der Waals surface area contributed by atoms with Crippen molar-refractivity contribution in [2.75, 3.05) is 14.1 Å². The third kappa shape index (κ3) is 4.41. The molecule has 1 heterocycles. The molecule has 0 unspecified atom stereocenters. The van der Waals surface area contributed by atoms with Crippen LogP contribution in [0.15, 0.2) is 121 Å². The smallest absolute Gasteiger partial charge is 0.164 e. The standard InChI is InChI=1S/C33H34ClNO2/c1-31(2)36-29(32(34,25-17-9-5-10-18-25)26-19-11-6-12-20-26)30(37-31)33(35(3)4,27-21-13-7-14-22-27)28-23-15-8-16-24-28/h5-24,29-30H,1-4H3/t29-,30-/m0/s1. The molecule has 0 radical (unpaired) electrons. The predicted molar refractivity (Wildman–Crippen MR) is 151 cm³/mol. The summed E-state index contributed by atoms with van der Waals surface area (Å²) < 4.78 is 13.8. The van der Waals surface area contributed by atoms with E-state index in [9.17, 15) is 0 Å². The Morgan fingerprint density at radius 3 is 1.24 bits per heavy atom. The molecule has 0 amide bonds. The lowest BCUT2D eigenvalue weighted by molar-refractivity contribution is -0.158. The van der Waals surface area contributed by atoms with Crippen molar-refractivity contribution in [3.8, 4) is 0 Å². The zero-order valence-corrected chi connectivity index (χ0v) is 22.6. The molecular weight excluding hydrogens is 478 g/mol. The first-order chi connectivity index (χ1) is 17.8. The highest BCUT2D eigenvalue weighted by molar-refractivity contribution is 6.26. The van der Waals surface area contributed by atoms with Crippen molar-refractivity contribution in [1.82, 2.24) is 4.90 Å². The van der Waals surface area contributed by atoms with Crippen molar-refractivity contribution in [1.29, 1.82) is 0 Å². The van der Waals surface area contributed by atoms with Crippen LogP contribution in [-0.4, -0.2) is 37.0 Å². The molecule has 0 aliphatic carbocycles. The zero-order valence-electron chi connectivity index (χ0n) is 21.8. The van der Waals surface area contributed by atoms with Gasteiger partial charge in [0, 0.05) is 0 Å². The Kier molecular flexibility index (Phi) is 6.99. The number of alkyl halides is 1. The number of ether oxygens (including phenoxy) is 2. The fourth-order valence-electron chi connectivity index (χ4n) is 5.86. The molecule has 0 bridgehead atoms. The van der Waals surface area contributed by atoms with Gasteiger partial charge in [0.2, 0.25) is 0 Å². The number of likely N-dealkylation sites (N-methyl/N-ethyl adjacent to an activating group) is 1. The maximum Gasteiger partial charge on any atom is 0.164 e. The molecule has 1 fully saturated rings. The Hall–Kier alpha value is -2.95. The van der Waals surface area contributed by atoms with E-state index in [2.05, 4.69) is 91.8 Å². The van der Waals surface area contributed by atoms with Crippen molar-refractivity contribution >= 4 is 11.6 Å². The minimum absolute atomic E-state index is 0.458. The third-order valence-electron chi connectivity index (χ3n) is 7.42. The quantitative estimate of drug-likeness (QED) is 0.245. The molecular formula is C33H34ClNO2. The van der Waals surface area contributed by atoms with Gasteiger partial charge in [0.05, 0.1) is 0 Å². The first kappa shape index (κ1) is 25.7. The van der Waals surface area contributed by atoms with Gasteiger partial charge in [-0.3, -0.25) is 4.90 Å². The molecule has 0 N–H and O–H groups in total. The summed E-state index contributed by atoms with van der Waals surface area (Å²) in [5.41, 5.74) is 3.47. The Morgan fingerprint density at radius 2 is 0.892 bits per heavy atom. The van der Waals surface area contributed by atoms with Crippen LogP contribution in [0, 0.1) is 0 Å². The molecule has 0 saturated carbocycles. The lowest BCUT2D eigenvalue weighted by Crippen LogP contribution is -2.59. The highest BCUT2D eigenvalue weighted by Crippen LogP contribution is 2.54. The minimum atomic E-state index is -1.01. The highest BCUT2D eigenvalue weighted by Gasteiger charge is 2.62. The van der Waals surface area contributed by atoms with E-state index >= 15 is 0 Å². The predicted octanol–water partition coefficient (Wildman–Crippen LogP) is 7.19. The molecule has 37 heavy (non-hydrogen) atoms. The Morgan fingerprint density at radius 1 is 0.568 bits per heavy atom. The normalized spacial score (nSPS) is 19.7. The zero-order chi connectivity index (χ0) is 26.1. The van der Waals surface area contributed by atoms with Gasteiger partial charge < -0.3 is 9.47 Å². The van der Waals surface area contributed by atoms with Crippen LogP contribution in [0.25, 0.3) is 0 Å². The molecule has 4 heteroatoms. The molecule has 0 spiro atoms. The van der Waals surface area contributed by atoms with Crippen molar-refractivity contribution in [2.24, 2.45) is 0 Å². The van der Waals surface area contributed by atoms with Crippen LogP contribution in [-0.2, 0) is 19.9 Å². The van der Waals surface area contributed by atoms with Crippen LogP contribution >= 0.6 is 11.6 Å². The van der Waals surface area contributed by atoms with Crippen molar-refractivity contribution in [2.45, 2.75) is 42.3 Å². The Bertz CT molecular complexity index is 1210. The maximum atomic E-state index is 7.88. The summed E-state index contributed by atoms with van der Waals surface area (Å²) in [6.07, 6.45) is -0.989.